The molecule has 5 nitrogen and oxygen atoms in total. The molecule has 0 radical (unpaired) electrons. The van der Waals surface area contributed by atoms with E-state index in [4.69, 9.17) is 14.2 Å². The third-order valence-corrected chi connectivity index (χ3v) is 4.95. The Morgan fingerprint density at radius 3 is 1.57 bits per heavy atom. The van der Waals surface area contributed by atoms with Crippen molar-refractivity contribution in [1.82, 2.24) is 0 Å². The van der Waals surface area contributed by atoms with Gasteiger partial charge in [0.15, 0.2) is 0 Å². The van der Waals surface area contributed by atoms with Crippen molar-refractivity contribution >= 4 is 11.9 Å². The summed E-state index contributed by atoms with van der Waals surface area (Å²) in [4.78, 5) is 21.9. The van der Waals surface area contributed by atoms with Crippen LogP contribution < -0.4 is 0 Å². The van der Waals surface area contributed by atoms with Gasteiger partial charge in [0.1, 0.15) is 19.3 Å². The van der Waals surface area contributed by atoms with Crippen molar-refractivity contribution in [2.45, 2.75) is 117 Å². The number of ether oxygens (including phenoxy) is 3. The molecule has 0 atom stereocenters. The zero-order valence-electron chi connectivity index (χ0n) is 19.8. The summed E-state index contributed by atoms with van der Waals surface area (Å²) in [6.45, 7) is 5.80. The van der Waals surface area contributed by atoms with Crippen LogP contribution in [0.3, 0.4) is 0 Å². The number of hydrogen-bond donors (Lipinski definition) is 0. The zero-order valence-corrected chi connectivity index (χ0v) is 19.8. The Hall–Kier alpha value is -1.36. The standard InChI is InChI=1S/C25H46O5/c1-4-5-6-7-8-9-10-11-12-13-14-15-16-17-18-19-20-28-25(21-29-23(2)26)22-30-24(3)27/h11-12,25H,4-10,13-22H2,1-3H3/b12-11-. The van der Waals surface area contributed by atoms with E-state index in [1.807, 2.05) is 0 Å². The summed E-state index contributed by atoms with van der Waals surface area (Å²) >= 11 is 0. The molecule has 0 saturated carbocycles. The monoisotopic (exact) mass is 426 g/mol. The van der Waals surface area contributed by atoms with Crippen LogP contribution in [0, 0.1) is 0 Å². The van der Waals surface area contributed by atoms with Crippen LogP contribution in [0.1, 0.15) is 111 Å². The van der Waals surface area contributed by atoms with Gasteiger partial charge >= 0.3 is 11.9 Å². The molecule has 0 rings (SSSR count). The van der Waals surface area contributed by atoms with Crippen LogP contribution in [0.15, 0.2) is 12.2 Å². The maximum atomic E-state index is 10.9. The fraction of sp³-hybridized carbons (Fsp3) is 0.840. The summed E-state index contributed by atoms with van der Waals surface area (Å²) in [5.41, 5.74) is 0. The molecule has 5 heteroatoms. The minimum absolute atomic E-state index is 0.120. The van der Waals surface area contributed by atoms with E-state index in [1.54, 1.807) is 0 Å². The van der Waals surface area contributed by atoms with E-state index in [1.165, 1.54) is 90.9 Å². The van der Waals surface area contributed by atoms with E-state index in [2.05, 4.69) is 19.1 Å². The number of unbranched alkanes of at least 4 members (excludes halogenated alkanes) is 12. The third kappa shape index (κ3) is 22.9. The lowest BCUT2D eigenvalue weighted by Crippen LogP contribution is -2.28. The minimum atomic E-state index is -0.388. The molecule has 0 fully saturated rings. The predicted octanol–water partition coefficient (Wildman–Crippen LogP) is 6.54. The first-order valence-corrected chi connectivity index (χ1v) is 12.1. The normalized spacial score (nSPS) is 11.3. The van der Waals surface area contributed by atoms with Crippen molar-refractivity contribution in [1.29, 1.82) is 0 Å². The topological polar surface area (TPSA) is 61.8 Å². The molecule has 30 heavy (non-hydrogen) atoms. The van der Waals surface area contributed by atoms with Gasteiger partial charge in [0, 0.05) is 20.5 Å². The first kappa shape index (κ1) is 28.6. The quantitative estimate of drug-likeness (QED) is 0.118. The summed E-state index contributed by atoms with van der Waals surface area (Å²) in [5.74, 6) is -0.715. The van der Waals surface area contributed by atoms with Gasteiger partial charge in [-0.15, -0.1) is 0 Å². The van der Waals surface area contributed by atoms with Gasteiger partial charge in [-0.2, -0.15) is 0 Å². The van der Waals surface area contributed by atoms with E-state index in [9.17, 15) is 9.59 Å². The van der Waals surface area contributed by atoms with Gasteiger partial charge in [0.05, 0.1) is 0 Å². The Bertz CT molecular complexity index is 415. The van der Waals surface area contributed by atoms with Gasteiger partial charge in [-0.3, -0.25) is 9.59 Å². The van der Waals surface area contributed by atoms with Crippen molar-refractivity contribution in [3.63, 3.8) is 0 Å². The highest BCUT2D eigenvalue weighted by Crippen LogP contribution is 2.10. The average molecular weight is 427 g/mol. The molecule has 0 heterocycles. The molecule has 0 saturated heterocycles. The highest BCUT2D eigenvalue weighted by Gasteiger charge is 2.13. The van der Waals surface area contributed by atoms with Crippen LogP contribution >= 0.6 is 0 Å². The lowest BCUT2D eigenvalue weighted by molar-refractivity contribution is -0.152. The van der Waals surface area contributed by atoms with Gasteiger partial charge in [0.25, 0.3) is 0 Å². The molecular formula is C25H46O5. The maximum absolute atomic E-state index is 10.9. The van der Waals surface area contributed by atoms with E-state index >= 15 is 0 Å². The third-order valence-electron chi connectivity index (χ3n) is 4.95. The summed E-state index contributed by atoms with van der Waals surface area (Å²) < 4.78 is 15.6. The van der Waals surface area contributed by atoms with E-state index < -0.39 is 0 Å². The number of carbonyl (C=O) groups is 2. The Morgan fingerprint density at radius 2 is 1.10 bits per heavy atom. The van der Waals surface area contributed by atoms with Gasteiger partial charge in [-0.1, -0.05) is 76.9 Å². The van der Waals surface area contributed by atoms with Crippen molar-refractivity contribution in [3.8, 4) is 0 Å². The van der Waals surface area contributed by atoms with Gasteiger partial charge in [0.2, 0.25) is 0 Å². The molecule has 176 valence electrons. The predicted molar refractivity (Wildman–Crippen MR) is 122 cm³/mol. The molecule has 0 aromatic rings. The van der Waals surface area contributed by atoms with E-state index in [0.717, 1.165) is 12.8 Å². The highest BCUT2D eigenvalue weighted by molar-refractivity contribution is 5.66. The van der Waals surface area contributed by atoms with Gasteiger partial charge in [-0.05, 0) is 32.1 Å². The smallest absolute Gasteiger partial charge is 0.302 e. The summed E-state index contributed by atoms with van der Waals surface area (Å²) in [6, 6.07) is 0. The number of rotatable bonds is 21. The molecule has 0 amide bonds. The fourth-order valence-electron chi connectivity index (χ4n) is 3.16. The van der Waals surface area contributed by atoms with Crippen LogP contribution in [-0.2, 0) is 23.8 Å². The van der Waals surface area contributed by atoms with E-state index in [0.29, 0.717) is 6.61 Å². The fourth-order valence-corrected chi connectivity index (χ4v) is 3.16. The van der Waals surface area contributed by atoms with Crippen LogP contribution in [0.5, 0.6) is 0 Å². The lowest BCUT2D eigenvalue weighted by Gasteiger charge is -2.17. The van der Waals surface area contributed by atoms with Crippen LogP contribution in [0.2, 0.25) is 0 Å². The first-order chi connectivity index (χ1) is 14.6. The number of carbonyl (C=O) groups excluding carboxylic acids is 2. The molecule has 0 aromatic heterocycles. The Labute approximate surface area is 184 Å². The van der Waals surface area contributed by atoms with Gasteiger partial charge < -0.3 is 14.2 Å². The SMILES string of the molecule is CCCCCCCC/C=C\CCCCCCCCOC(COC(C)=O)COC(C)=O. The van der Waals surface area contributed by atoms with Crippen molar-refractivity contribution in [3.05, 3.63) is 12.2 Å². The maximum Gasteiger partial charge on any atom is 0.302 e. The second-order valence-corrected chi connectivity index (χ2v) is 8.04. The minimum Gasteiger partial charge on any atom is -0.463 e. The largest absolute Gasteiger partial charge is 0.463 e. The Morgan fingerprint density at radius 1 is 0.667 bits per heavy atom. The molecule has 0 aliphatic carbocycles. The molecule has 0 aromatic carbocycles. The van der Waals surface area contributed by atoms with Crippen LogP contribution in [0.4, 0.5) is 0 Å². The lowest BCUT2D eigenvalue weighted by atomic mass is 10.1. The number of allylic oxidation sites excluding steroid dienone is 2. The van der Waals surface area contributed by atoms with Gasteiger partial charge in [-0.25, -0.2) is 0 Å². The van der Waals surface area contributed by atoms with E-state index in [-0.39, 0.29) is 31.3 Å². The summed E-state index contributed by atoms with van der Waals surface area (Å²) in [5, 5.41) is 0. The number of esters is 2. The molecular weight excluding hydrogens is 380 g/mol. The Kier molecular flexibility index (Phi) is 21.3. The molecule has 0 unspecified atom stereocenters. The average Bonchev–Trinajstić information content (AvgIpc) is 2.71. The molecule has 0 aliphatic heterocycles. The second-order valence-electron chi connectivity index (χ2n) is 8.04. The first-order valence-electron chi connectivity index (χ1n) is 12.1. The molecule has 0 bridgehead atoms. The van der Waals surface area contributed by atoms with Crippen LogP contribution in [0.25, 0.3) is 0 Å². The summed E-state index contributed by atoms with van der Waals surface area (Å²) in [7, 11) is 0. The van der Waals surface area contributed by atoms with Crippen LogP contribution in [-0.4, -0.2) is 37.9 Å². The van der Waals surface area contributed by atoms with Crippen molar-refractivity contribution in [2.75, 3.05) is 19.8 Å². The van der Waals surface area contributed by atoms with Crippen molar-refractivity contribution in [2.24, 2.45) is 0 Å². The molecule has 0 aliphatic rings. The molecule has 0 spiro atoms. The number of hydrogen-bond acceptors (Lipinski definition) is 5. The molecule has 0 N–H and O–H groups in total. The zero-order chi connectivity index (χ0) is 22.3. The van der Waals surface area contributed by atoms with Crippen molar-refractivity contribution < 1.29 is 23.8 Å². The second kappa shape index (κ2) is 22.3. The summed E-state index contributed by atoms with van der Waals surface area (Å²) in [6.07, 6.45) is 22.1. The Balaban J connectivity index is 3.48. The highest BCUT2D eigenvalue weighted by atomic mass is 16.6.